The summed E-state index contributed by atoms with van der Waals surface area (Å²) in [6.45, 7) is 4.16. The van der Waals surface area contributed by atoms with Crippen molar-refractivity contribution >= 4 is 45.2 Å². The van der Waals surface area contributed by atoms with Crippen LogP contribution in [0.5, 0.6) is 11.6 Å². The molecule has 2 N–H and O–H groups in total. The minimum atomic E-state index is -0.0115. The van der Waals surface area contributed by atoms with E-state index in [1.807, 2.05) is 60.7 Å². The van der Waals surface area contributed by atoms with Gasteiger partial charge in [0, 0.05) is 22.4 Å². The number of aromatic hydroxyl groups is 1. The van der Waals surface area contributed by atoms with Crippen LogP contribution in [-0.4, -0.2) is 22.9 Å². The Kier molecular flexibility index (Phi) is 5.44. The number of aryl methyl sites for hydroxylation is 2. The van der Waals surface area contributed by atoms with E-state index in [0.717, 1.165) is 39.5 Å². The minimum Gasteiger partial charge on any atom is -0.497 e. The molecule has 0 amide bonds. The van der Waals surface area contributed by atoms with Crippen molar-refractivity contribution in [3.63, 3.8) is 0 Å². The maximum atomic E-state index is 10.6. The Balaban J connectivity index is 1.55. The van der Waals surface area contributed by atoms with E-state index in [-0.39, 0.29) is 5.88 Å². The maximum Gasteiger partial charge on any atom is 0.231 e. The lowest BCUT2D eigenvalue weighted by Crippen LogP contribution is -1.99. The van der Waals surface area contributed by atoms with Crippen LogP contribution < -0.4 is 10.1 Å². The van der Waals surface area contributed by atoms with Gasteiger partial charge < -0.3 is 15.2 Å². The molecule has 1 aliphatic rings. The van der Waals surface area contributed by atoms with Gasteiger partial charge in [-0.1, -0.05) is 47.7 Å². The predicted octanol–water partition coefficient (Wildman–Crippen LogP) is 6.89. The van der Waals surface area contributed by atoms with Crippen LogP contribution in [-0.2, 0) is 0 Å². The number of hydrogen-bond acceptors (Lipinski definition) is 6. The number of nitrogens with one attached hydrogen (secondary N) is 1. The number of methoxy groups -OCH3 is 1. The molecule has 0 atom stereocenters. The van der Waals surface area contributed by atoms with Crippen LogP contribution in [0.3, 0.4) is 0 Å². The second-order valence-electron chi connectivity index (χ2n) is 7.90. The third kappa shape index (κ3) is 4.13. The molecule has 164 valence electrons. The van der Waals surface area contributed by atoms with E-state index in [9.17, 15) is 5.11 Å². The molecule has 0 saturated carbocycles. The lowest BCUT2D eigenvalue weighted by molar-refractivity contribution is 0.415. The first-order chi connectivity index (χ1) is 16.0. The van der Waals surface area contributed by atoms with Crippen molar-refractivity contribution in [3.05, 3.63) is 93.9 Å². The number of ether oxygens (including phenoxy) is 1. The largest absolute Gasteiger partial charge is 0.497 e. The molecule has 6 heteroatoms. The molecule has 1 aliphatic heterocycles. The molecule has 0 saturated heterocycles. The van der Waals surface area contributed by atoms with Crippen molar-refractivity contribution in [2.75, 3.05) is 12.4 Å². The summed E-state index contributed by atoms with van der Waals surface area (Å²) in [6, 6.07) is 22.0. The maximum absolute atomic E-state index is 10.6. The van der Waals surface area contributed by atoms with E-state index in [1.165, 1.54) is 22.5 Å². The van der Waals surface area contributed by atoms with E-state index in [4.69, 9.17) is 9.73 Å². The summed E-state index contributed by atoms with van der Waals surface area (Å²) in [6.07, 6.45) is 1.95. The molecule has 5 nitrogen and oxygen atoms in total. The fourth-order valence-electron chi connectivity index (χ4n) is 3.77. The molecule has 5 rings (SSSR count). The second-order valence-corrected chi connectivity index (χ2v) is 8.93. The Bertz CT molecular complexity index is 1400. The first kappa shape index (κ1) is 21.0. The topological polar surface area (TPSA) is 66.7 Å². The zero-order valence-electron chi connectivity index (χ0n) is 18.6. The number of allylic oxidation sites excluding steroid dienone is 1. The molecule has 33 heavy (non-hydrogen) atoms. The number of nitrogens with zero attached hydrogens (tertiary/aromatic N) is 2. The molecule has 0 radical (unpaired) electrons. The molecule has 0 unspecified atom stereocenters. The van der Waals surface area contributed by atoms with Gasteiger partial charge in [-0.3, -0.25) is 0 Å². The van der Waals surface area contributed by atoms with E-state index in [0.29, 0.717) is 10.0 Å². The Labute approximate surface area is 196 Å². The lowest BCUT2D eigenvalue weighted by atomic mass is 9.97. The highest BCUT2D eigenvalue weighted by Gasteiger charge is 2.24. The Morgan fingerprint density at radius 1 is 0.970 bits per heavy atom. The van der Waals surface area contributed by atoms with Crippen LogP contribution in [0.25, 0.3) is 11.6 Å². The third-order valence-electron chi connectivity index (χ3n) is 5.70. The van der Waals surface area contributed by atoms with Gasteiger partial charge in [-0.05, 0) is 61.4 Å². The molecule has 2 heterocycles. The molecule has 0 aliphatic carbocycles. The van der Waals surface area contributed by atoms with Crippen LogP contribution >= 0.6 is 11.3 Å². The number of aromatic nitrogens is 1. The van der Waals surface area contributed by atoms with Crippen molar-refractivity contribution in [3.8, 4) is 11.6 Å². The third-order valence-corrected chi connectivity index (χ3v) is 6.60. The number of benzene rings is 3. The van der Waals surface area contributed by atoms with Gasteiger partial charge in [-0.25, -0.2) is 4.99 Å². The highest BCUT2D eigenvalue weighted by atomic mass is 32.1. The smallest absolute Gasteiger partial charge is 0.231 e. The Morgan fingerprint density at radius 3 is 2.55 bits per heavy atom. The normalized spacial score (nSPS) is 13.7. The Hall–Kier alpha value is -3.90. The van der Waals surface area contributed by atoms with Gasteiger partial charge in [0.2, 0.25) is 5.88 Å². The molecular weight excluding hydrogens is 430 g/mol. The fraction of sp³-hybridized carbons (Fsp3) is 0.111. The first-order valence-electron chi connectivity index (χ1n) is 10.6. The van der Waals surface area contributed by atoms with E-state index in [1.54, 1.807) is 7.11 Å². The van der Waals surface area contributed by atoms with Gasteiger partial charge in [0.15, 0.2) is 5.13 Å². The summed E-state index contributed by atoms with van der Waals surface area (Å²) in [5.74, 6) is 0.748. The number of hydrogen-bond donors (Lipinski definition) is 2. The number of rotatable bonds is 5. The number of fused-ring (bicyclic) bond motifs is 1. The zero-order valence-corrected chi connectivity index (χ0v) is 19.4. The van der Waals surface area contributed by atoms with Gasteiger partial charge in [-0.2, -0.15) is 4.98 Å². The Morgan fingerprint density at radius 2 is 1.79 bits per heavy atom. The molecule has 1 aromatic heterocycles. The average Bonchev–Trinajstić information content (AvgIpc) is 3.36. The molecule has 3 aromatic carbocycles. The SMILES string of the molecule is COc1ccc2c(c1)C(=Cc1sc(Nc3ccc(C)c(C)c3)nc1O)C(c1ccccc1)=N2. The van der Waals surface area contributed by atoms with Gasteiger partial charge in [0.1, 0.15) is 5.75 Å². The highest BCUT2D eigenvalue weighted by Crippen LogP contribution is 2.42. The van der Waals surface area contributed by atoms with Crippen molar-refractivity contribution < 1.29 is 9.84 Å². The van der Waals surface area contributed by atoms with Crippen molar-refractivity contribution in [2.45, 2.75) is 13.8 Å². The quantitative estimate of drug-likeness (QED) is 0.345. The second kappa shape index (κ2) is 8.56. The van der Waals surface area contributed by atoms with E-state index in [2.05, 4.69) is 36.3 Å². The predicted molar refractivity (Wildman–Crippen MR) is 136 cm³/mol. The van der Waals surface area contributed by atoms with Crippen molar-refractivity contribution in [2.24, 2.45) is 4.99 Å². The molecule has 0 fully saturated rings. The van der Waals surface area contributed by atoms with Gasteiger partial charge in [0.25, 0.3) is 0 Å². The number of aliphatic imine (C=N–C) groups is 1. The monoisotopic (exact) mass is 453 g/mol. The van der Waals surface area contributed by atoms with Crippen molar-refractivity contribution in [1.29, 1.82) is 0 Å². The summed E-state index contributed by atoms with van der Waals surface area (Å²) in [7, 11) is 1.65. The van der Waals surface area contributed by atoms with E-state index < -0.39 is 0 Å². The summed E-state index contributed by atoms with van der Waals surface area (Å²) in [4.78, 5) is 9.88. The minimum absolute atomic E-state index is 0.0115. The summed E-state index contributed by atoms with van der Waals surface area (Å²) < 4.78 is 5.44. The standard InChI is InChI=1S/C27H23N3O2S/c1-16-9-10-19(13-17(16)2)28-27-30-26(31)24(33-27)15-22-21-14-20(32-3)11-12-23(21)29-25(22)18-7-5-4-6-8-18/h4-15,31H,1-3H3,(H,28,30). The summed E-state index contributed by atoms with van der Waals surface area (Å²) in [5.41, 5.74) is 7.99. The van der Waals surface area contributed by atoms with Crippen LogP contribution in [0.15, 0.2) is 71.7 Å². The zero-order chi connectivity index (χ0) is 22.9. The summed E-state index contributed by atoms with van der Waals surface area (Å²) in [5, 5.41) is 14.6. The van der Waals surface area contributed by atoms with Gasteiger partial charge in [0.05, 0.1) is 23.4 Å². The van der Waals surface area contributed by atoms with Crippen molar-refractivity contribution in [1.82, 2.24) is 4.98 Å². The average molecular weight is 454 g/mol. The molecule has 4 aromatic rings. The molecule has 0 bridgehead atoms. The fourth-order valence-corrected chi connectivity index (χ4v) is 4.59. The van der Waals surface area contributed by atoms with E-state index >= 15 is 0 Å². The summed E-state index contributed by atoms with van der Waals surface area (Å²) >= 11 is 1.40. The van der Waals surface area contributed by atoms with Gasteiger partial charge >= 0.3 is 0 Å². The highest BCUT2D eigenvalue weighted by molar-refractivity contribution is 7.16. The molecule has 0 spiro atoms. The van der Waals surface area contributed by atoms with Crippen LogP contribution in [0.4, 0.5) is 16.5 Å². The number of thiazole rings is 1. The van der Waals surface area contributed by atoms with Crippen LogP contribution in [0.2, 0.25) is 0 Å². The van der Waals surface area contributed by atoms with Crippen LogP contribution in [0, 0.1) is 13.8 Å². The van der Waals surface area contributed by atoms with Crippen LogP contribution in [0.1, 0.15) is 27.1 Å². The number of anilines is 2. The first-order valence-corrected chi connectivity index (χ1v) is 11.4. The molecular formula is C27H23N3O2S. The van der Waals surface area contributed by atoms with Gasteiger partial charge in [-0.15, -0.1) is 0 Å². The lowest BCUT2D eigenvalue weighted by Gasteiger charge is -2.07.